The molecule has 10 heteroatoms. The van der Waals surface area contributed by atoms with Gasteiger partial charge < -0.3 is 9.47 Å². The number of H-pyrrole nitrogens is 1. The summed E-state index contributed by atoms with van der Waals surface area (Å²) >= 11 is 6.04. The van der Waals surface area contributed by atoms with Crippen LogP contribution >= 0.6 is 11.6 Å². The van der Waals surface area contributed by atoms with Gasteiger partial charge in [-0.05, 0) is 89.7 Å². The van der Waals surface area contributed by atoms with Crippen LogP contribution in [0.15, 0.2) is 90.0 Å². The maximum absolute atomic E-state index is 11.7. The summed E-state index contributed by atoms with van der Waals surface area (Å²) in [6.45, 7) is 3.97. The normalized spacial score (nSPS) is 10.7. The second-order valence-electron chi connectivity index (χ2n) is 9.98. The van der Waals surface area contributed by atoms with E-state index in [-0.39, 0.29) is 17.5 Å². The number of hydrogen-bond donors (Lipinski definition) is 1. The molecule has 0 aliphatic rings. The van der Waals surface area contributed by atoms with E-state index < -0.39 is 0 Å². The molecule has 0 atom stereocenters. The fraction of sp³-hybridized carbons (Fsp3) is 0.118. The number of benzene rings is 4. The van der Waals surface area contributed by atoms with Crippen LogP contribution in [0.25, 0.3) is 43.8 Å². The van der Waals surface area contributed by atoms with Crippen LogP contribution in [0.1, 0.15) is 31.8 Å². The van der Waals surface area contributed by atoms with E-state index in [1.807, 2.05) is 62.4 Å². The molecule has 0 radical (unpaired) electrons. The average Bonchev–Trinajstić information content (AvgIpc) is 3.04. The van der Waals surface area contributed by atoms with Crippen molar-refractivity contribution in [2.45, 2.75) is 13.8 Å². The highest BCUT2D eigenvalue weighted by Crippen LogP contribution is 2.30. The van der Waals surface area contributed by atoms with Crippen molar-refractivity contribution in [3.63, 3.8) is 0 Å². The maximum Gasteiger partial charge on any atom is 0.337 e. The van der Waals surface area contributed by atoms with Gasteiger partial charge in [0.15, 0.2) is 5.15 Å². The number of aryl methyl sites for hydroxylation is 2. The van der Waals surface area contributed by atoms with Crippen molar-refractivity contribution < 1.29 is 19.1 Å². The van der Waals surface area contributed by atoms with Gasteiger partial charge in [0.05, 0.1) is 43.1 Å². The van der Waals surface area contributed by atoms with E-state index >= 15 is 0 Å². The third kappa shape index (κ3) is 6.18. The molecule has 0 saturated heterocycles. The summed E-state index contributed by atoms with van der Waals surface area (Å²) < 4.78 is 9.54. The number of methoxy groups -OCH3 is 2. The molecular weight excluding hydrogens is 580 g/mol. The van der Waals surface area contributed by atoms with Crippen LogP contribution in [0.2, 0.25) is 5.15 Å². The molecule has 2 aromatic heterocycles. The number of halogens is 1. The standard InChI is InChI=1S/C17H13ClN2O2.C17H14N2O3/c1-10-3-4-12(17(21)22-2)8-15(10)11-5-6-14-13(7-11)9-19-20-16(14)18;1-10-3-4-12(17(21)22-2)8-15(10)11-5-6-14-13(7-11)9-18-19-16(14)20/h3-9H,1-2H3;3-9H,1-2H3,(H,19,20). The van der Waals surface area contributed by atoms with Crippen LogP contribution in [0.3, 0.4) is 0 Å². The lowest BCUT2D eigenvalue weighted by molar-refractivity contribution is 0.0592. The van der Waals surface area contributed by atoms with Crippen LogP contribution in [-0.2, 0) is 9.47 Å². The number of carbonyl (C=O) groups excluding carboxylic acids is 2. The molecular formula is C34H27ClN4O5. The molecule has 44 heavy (non-hydrogen) atoms. The summed E-state index contributed by atoms with van der Waals surface area (Å²) in [5, 5.41) is 17.4. The minimum atomic E-state index is -0.375. The molecule has 0 amide bonds. The summed E-state index contributed by atoms with van der Waals surface area (Å²) in [6.07, 6.45) is 3.28. The first kappa shape index (κ1) is 30.1. The highest BCUT2D eigenvalue weighted by atomic mass is 35.5. The van der Waals surface area contributed by atoms with Crippen molar-refractivity contribution >= 4 is 45.1 Å². The molecule has 0 saturated carbocycles. The van der Waals surface area contributed by atoms with Crippen LogP contribution in [0.4, 0.5) is 0 Å². The number of aromatic nitrogens is 4. The number of fused-ring (bicyclic) bond motifs is 2. The van der Waals surface area contributed by atoms with E-state index in [2.05, 4.69) is 20.4 Å². The number of hydrogen-bond acceptors (Lipinski definition) is 8. The van der Waals surface area contributed by atoms with Crippen molar-refractivity contribution in [2.75, 3.05) is 14.2 Å². The molecule has 6 rings (SSSR count). The van der Waals surface area contributed by atoms with Gasteiger partial charge in [0.2, 0.25) is 0 Å². The van der Waals surface area contributed by atoms with Gasteiger partial charge in [-0.3, -0.25) is 4.79 Å². The molecule has 9 nitrogen and oxygen atoms in total. The van der Waals surface area contributed by atoms with Gasteiger partial charge in [-0.25, -0.2) is 14.7 Å². The lowest BCUT2D eigenvalue weighted by Gasteiger charge is -2.09. The molecule has 0 bridgehead atoms. The Labute approximate surface area is 257 Å². The van der Waals surface area contributed by atoms with Gasteiger partial charge in [0.25, 0.3) is 5.56 Å². The summed E-state index contributed by atoms with van der Waals surface area (Å²) in [4.78, 5) is 35.1. The third-order valence-corrected chi connectivity index (χ3v) is 7.50. The molecule has 2 heterocycles. The van der Waals surface area contributed by atoms with Crippen molar-refractivity contribution in [1.82, 2.24) is 20.4 Å². The lowest BCUT2D eigenvalue weighted by Crippen LogP contribution is -2.07. The number of aromatic amines is 1. The quantitative estimate of drug-likeness (QED) is 0.219. The van der Waals surface area contributed by atoms with Crippen molar-refractivity contribution in [3.05, 3.63) is 123 Å². The van der Waals surface area contributed by atoms with Crippen LogP contribution in [-0.4, -0.2) is 46.6 Å². The number of carbonyl (C=O) groups is 2. The number of rotatable bonds is 4. The zero-order chi connectivity index (χ0) is 31.4. The van der Waals surface area contributed by atoms with Crippen LogP contribution in [0.5, 0.6) is 0 Å². The van der Waals surface area contributed by atoms with E-state index in [0.717, 1.165) is 49.5 Å². The Morgan fingerprint density at radius 2 is 1.23 bits per heavy atom. The molecule has 4 aromatic carbocycles. The summed E-state index contributed by atoms with van der Waals surface area (Å²) in [5.41, 5.74) is 6.70. The zero-order valence-corrected chi connectivity index (χ0v) is 25.1. The van der Waals surface area contributed by atoms with E-state index in [1.54, 1.807) is 36.7 Å². The zero-order valence-electron chi connectivity index (χ0n) is 24.3. The van der Waals surface area contributed by atoms with E-state index in [1.165, 1.54) is 14.2 Å². The predicted molar refractivity (Wildman–Crippen MR) is 170 cm³/mol. The fourth-order valence-corrected chi connectivity index (χ4v) is 5.06. The highest BCUT2D eigenvalue weighted by Gasteiger charge is 2.12. The van der Waals surface area contributed by atoms with E-state index in [0.29, 0.717) is 21.7 Å². The SMILES string of the molecule is COC(=O)c1ccc(C)c(-c2ccc3c(=O)[nH]ncc3c2)c1.COC(=O)c1ccc(C)c(-c2ccc3c(Cl)nncc3c2)c1. The number of ether oxygens (including phenoxy) is 2. The molecule has 1 N–H and O–H groups in total. The van der Waals surface area contributed by atoms with Crippen molar-refractivity contribution in [2.24, 2.45) is 0 Å². The first-order chi connectivity index (χ1) is 21.2. The lowest BCUT2D eigenvalue weighted by atomic mass is 9.96. The highest BCUT2D eigenvalue weighted by molar-refractivity contribution is 6.34. The molecule has 0 spiro atoms. The van der Waals surface area contributed by atoms with Crippen molar-refractivity contribution in [3.8, 4) is 22.3 Å². The third-order valence-electron chi connectivity index (χ3n) is 7.22. The molecule has 0 aliphatic carbocycles. The van der Waals surface area contributed by atoms with E-state index in [9.17, 15) is 14.4 Å². The second kappa shape index (κ2) is 12.8. The molecule has 0 aliphatic heterocycles. The van der Waals surface area contributed by atoms with Crippen molar-refractivity contribution in [1.29, 1.82) is 0 Å². The number of esters is 2. The molecule has 6 aromatic rings. The molecule has 0 fully saturated rings. The predicted octanol–water partition coefficient (Wildman–Crippen LogP) is 6.73. The largest absolute Gasteiger partial charge is 0.465 e. The Balaban J connectivity index is 0.000000175. The number of nitrogens with zero attached hydrogens (tertiary/aromatic N) is 3. The van der Waals surface area contributed by atoms with Gasteiger partial charge in [0, 0.05) is 16.2 Å². The van der Waals surface area contributed by atoms with E-state index in [4.69, 9.17) is 21.1 Å². The fourth-order valence-electron chi connectivity index (χ4n) is 4.84. The Kier molecular flexibility index (Phi) is 8.78. The Morgan fingerprint density at radius 1 is 0.705 bits per heavy atom. The maximum atomic E-state index is 11.7. The van der Waals surface area contributed by atoms with Gasteiger partial charge in [-0.2, -0.15) is 10.2 Å². The minimum absolute atomic E-state index is 0.218. The monoisotopic (exact) mass is 606 g/mol. The first-order valence-corrected chi connectivity index (χ1v) is 13.8. The smallest absolute Gasteiger partial charge is 0.337 e. The van der Waals surface area contributed by atoms with Crippen LogP contribution < -0.4 is 5.56 Å². The summed E-state index contributed by atoms with van der Waals surface area (Å²) in [5.74, 6) is -0.726. The summed E-state index contributed by atoms with van der Waals surface area (Å²) in [6, 6.07) is 22.3. The average molecular weight is 607 g/mol. The molecule has 220 valence electrons. The second-order valence-corrected chi connectivity index (χ2v) is 10.3. The first-order valence-electron chi connectivity index (χ1n) is 13.5. The Hall–Kier alpha value is -5.41. The van der Waals surface area contributed by atoms with Gasteiger partial charge >= 0.3 is 11.9 Å². The Bertz CT molecular complexity index is 2110. The number of nitrogens with one attached hydrogen (secondary N) is 1. The van der Waals surface area contributed by atoms with Gasteiger partial charge in [0.1, 0.15) is 0 Å². The topological polar surface area (TPSA) is 124 Å². The summed E-state index contributed by atoms with van der Waals surface area (Å²) in [7, 11) is 2.73. The molecule has 0 unspecified atom stereocenters. The van der Waals surface area contributed by atoms with Gasteiger partial charge in [-0.15, -0.1) is 5.10 Å². The Morgan fingerprint density at radius 3 is 1.77 bits per heavy atom. The minimum Gasteiger partial charge on any atom is -0.465 e. The van der Waals surface area contributed by atoms with Crippen LogP contribution in [0, 0.1) is 13.8 Å². The van der Waals surface area contributed by atoms with Gasteiger partial charge in [-0.1, -0.05) is 41.9 Å².